The van der Waals surface area contributed by atoms with E-state index in [0.717, 1.165) is 25.9 Å². The van der Waals surface area contributed by atoms with Gasteiger partial charge >= 0.3 is 0 Å². The van der Waals surface area contributed by atoms with Gasteiger partial charge in [-0.15, -0.1) is 0 Å². The third kappa shape index (κ3) is 4.71. The van der Waals surface area contributed by atoms with E-state index in [-0.39, 0.29) is 5.84 Å². The number of nitrogens with two attached hydrogens (primary N) is 1. The standard InChI is InChI=1S/C13H26N4O2S/c1-20(18,19)17-7-2-3-11(10-17)9-16(12-4-5-12)8-6-13(14)15/h11-12H,2-10H2,1H3,(H3,14,15). The van der Waals surface area contributed by atoms with Gasteiger partial charge in [-0.2, -0.15) is 0 Å². The average molecular weight is 302 g/mol. The molecule has 1 unspecified atom stereocenters. The molecule has 2 aliphatic rings. The molecule has 1 aliphatic heterocycles. The Hall–Kier alpha value is -0.660. The molecule has 1 atom stereocenters. The van der Waals surface area contributed by atoms with E-state index in [2.05, 4.69) is 4.90 Å². The largest absolute Gasteiger partial charge is 0.388 e. The number of sulfonamides is 1. The second kappa shape index (κ2) is 6.41. The van der Waals surface area contributed by atoms with Crippen LogP contribution in [-0.4, -0.2) is 61.9 Å². The van der Waals surface area contributed by atoms with E-state index in [9.17, 15) is 8.42 Å². The number of nitrogens with zero attached hydrogens (tertiary/aromatic N) is 2. The van der Waals surface area contributed by atoms with E-state index in [4.69, 9.17) is 11.1 Å². The zero-order chi connectivity index (χ0) is 14.8. The Morgan fingerprint density at radius 1 is 1.40 bits per heavy atom. The van der Waals surface area contributed by atoms with Crippen LogP contribution in [0.5, 0.6) is 0 Å². The molecule has 1 heterocycles. The van der Waals surface area contributed by atoms with Crippen LogP contribution in [0.25, 0.3) is 0 Å². The zero-order valence-corrected chi connectivity index (χ0v) is 13.0. The molecule has 0 aromatic heterocycles. The van der Waals surface area contributed by atoms with Gasteiger partial charge in [-0.1, -0.05) is 0 Å². The third-order valence-electron chi connectivity index (χ3n) is 4.18. The first-order valence-corrected chi connectivity index (χ1v) is 9.23. The molecule has 2 fully saturated rings. The maximum absolute atomic E-state index is 11.6. The summed E-state index contributed by atoms with van der Waals surface area (Å²) in [5.74, 6) is 0.642. The maximum atomic E-state index is 11.6. The molecule has 0 bridgehead atoms. The molecule has 0 aromatic rings. The fraction of sp³-hybridized carbons (Fsp3) is 0.923. The summed E-state index contributed by atoms with van der Waals surface area (Å²) in [7, 11) is -3.06. The second-order valence-electron chi connectivity index (χ2n) is 6.13. The number of amidine groups is 1. The van der Waals surface area contributed by atoms with E-state index < -0.39 is 10.0 Å². The van der Waals surface area contributed by atoms with Crippen molar-refractivity contribution in [2.24, 2.45) is 11.7 Å². The van der Waals surface area contributed by atoms with Crippen LogP contribution in [0, 0.1) is 11.3 Å². The van der Waals surface area contributed by atoms with Crippen LogP contribution in [0.15, 0.2) is 0 Å². The van der Waals surface area contributed by atoms with E-state index in [0.29, 0.717) is 31.5 Å². The molecule has 116 valence electrons. The van der Waals surface area contributed by atoms with Crippen molar-refractivity contribution in [3.8, 4) is 0 Å². The molecule has 6 nitrogen and oxygen atoms in total. The molecule has 3 N–H and O–H groups in total. The van der Waals surface area contributed by atoms with Crippen LogP contribution in [-0.2, 0) is 10.0 Å². The SMILES string of the molecule is CS(=O)(=O)N1CCCC(CN(CCC(=N)N)C2CC2)C1. The van der Waals surface area contributed by atoms with Crippen molar-refractivity contribution >= 4 is 15.9 Å². The van der Waals surface area contributed by atoms with Crippen LogP contribution in [0.1, 0.15) is 32.1 Å². The smallest absolute Gasteiger partial charge is 0.211 e. The van der Waals surface area contributed by atoms with Crippen LogP contribution < -0.4 is 5.73 Å². The van der Waals surface area contributed by atoms with Gasteiger partial charge in [-0.05, 0) is 31.6 Å². The van der Waals surface area contributed by atoms with Crippen LogP contribution >= 0.6 is 0 Å². The van der Waals surface area contributed by atoms with Gasteiger partial charge in [0.25, 0.3) is 0 Å². The quantitative estimate of drug-likeness (QED) is 0.528. The molecule has 1 saturated heterocycles. The van der Waals surface area contributed by atoms with Gasteiger partial charge in [-0.3, -0.25) is 10.3 Å². The highest BCUT2D eigenvalue weighted by atomic mass is 32.2. The fourth-order valence-electron chi connectivity index (χ4n) is 2.94. The summed E-state index contributed by atoms with van der Waals surface area (Å²) in [6, 6.07) is 0.628. The maximum Gasteiger partial charge on any atom is 0.211 e. The lowest BCUT2D eigenvalue weighted by Crippen LogP contribution is -2.44. The highest BCUT2D eigenvalue weighted by molar-refractivity contribution is 7.88. The molecule has 0 amide bonds. The highest BCUT2D eigenvalue weighted by Crippen LogP contribution is 2.29. The predicted molar refractivity (Wildman–Crippen MR) is 80.3 cm³/mol. The number of nitrogens with one attached hydrogen (secondary N) is 1. The predicted octanol–water partition coefficient (Wildman–Crippen LogP) is 0.448. The van der Waals surface area contributed by atoms with Crippen molar-refractivity contribution in [3.63, 3.8) is 0 Å². The van der Waals surface area contributed by atoms with Crippen molar-refractivity contribution in [2.45, 2.75) is 38.1 Å². The average Bonchev–Trinajstić information content (AvgIpc) is 3.18. The third-order valence-corrected chi connectivity index (χ3v) is 5.44. The van der Waals surface area contributed by atoms with Crippen molar-refractivity contribution < 1.29 is 8.42 Å². The van der Waals surface area contributed by atoms with Crippen LogP contribution in [0.4, 0.5) is 0 Å². The Morgan fingerprint density at radius 2 is 2.10 bits per heavy atom. The Labute approximate surface area is 121 Å². The van der Waals surface area contributed by atoms with Gasteiger partial charge in [0, 0.05) is 38.6 Å². The first kappa shape index (κ1) is 15.7. The van der Waals surface area contributed by atoms with Crippen molar-refractivity contribution in [1.29, 1.82) is 5.41 Å². The van der Waals surface area contributed by atoms with E-state index >= 15 is 0 Å². The van der Waals surface area contributed by atoms with Gasteiger partial charge in [-0.25, -0.2) is 12.7 Å². The molecule has 2 rings (SSSR count). The summed E-state index contributed by atoms with van der Waals surface area (Å²) in [6.45, 7) is 3.06. The summed E-state index contributed by atoms with van der Waals surface area (Å²) in [6.07, 6.45) is 6.39. The number of hydrogen-bond donors (Lipinski definition) is 2. The van der Waals surface area contributed by atoms with Gasteiger partial charge < -0.3 is 5.73 Å². The van der Waals surface area contributed by atoms with Crippen molar-refractivity contribution in [1.82, 2.24) is 9.21 Å². The molecule has 1 aliphatic carbocycles. The molecule has 0 radical (unpaired) electrons. The van der Waals surface area contributed by atoms with Crippen LogP contribution in [0.3, 0.4) is 0 Å². The van der Waals surface area contributed by atoms with E-state index in [1.807, 2.05) is 0 Å². The molecule has 0 aromatic carbocycles. The van der Waals surface area contributed by atoms with Crippen molar-refractivity contribution in [3.05, 3.63) is 0 Å². The zero-order valence-electron chi connectivity index (χ0n) is 12.2. The summed E-state index contributed by atoms with van der Waals surface area (Å²) in [5.41, 5.74) is 5.44. The van der Waals surface area contributed by atoms with E-state index in [1.165, 1.54) is 19.1 Å². The fourth-order valence-corrected chi connectivity index (χ4v) is 3.88. The lowest BCUT2D eigenvalue weighted by molar-refractivity contribution is 0.175. The summed E-state index contributed by atoms with van der Waals surface area (Å²) in [5, 5.41) is 7.35. The first-order chi connectivity index (χ1) is 9.36. The summed E-state index contributed by atoms with van der Waals surface area (Å²) in [4.78, 5) is 2.40. The Morgan fingerprint density at radius 3 is 2.65 bits per heavy atom. The molecule has 20 heavy (non-hydrogen) atoms. The minimum atomic E-state index is -3.06. The monoisotopic (exact) mass is 302 g/mol. The Balaban J connectivity index is 1.87. The molecular formula is C13H26N4O2S. The number of hydrogen-bond acceptors (Lipinski definition) is 4. The lowest BCUT2D eigenvalue weighted by atomic mass is 9.99. The molecule has 1 saturated carbocycles. The van der Waals surface area contributed by atoms with Crippen molar-refractivity contribution in [2.75, 3.05) is 32.4 Å². The van der Waals surface area contributed by atoms with Gasteiger partial charge in [0.2, 0.25) is 10.0 Å². The minimum absolute atomic E-state index is 0.233. The number of rotatable bonds is 7. The molecule has 7 heteroatoms. The van der Waals surface area contributed by atoms with Gasteiger partial charge in [0.1, 0.15) is 0 Å². The van der Waals surface area contributed by atoms with E-state index in [1.54, 1.807) is 4.31 Å². The Kier molecular flexibility index (Phi) is 5.04. The molecule has 0 spiro atoms. The minimum Gasteiger partial charge on any atom is -0.388 e. The molecular weight excluding hydrogens is 276 g/mol. The summed E-state index contributed by atoms with van der Waals surface area (Å²) < 4.78 is 24.9. The first-order valence-electron chi connectivity index (χ1n) is 7.38. The van der Waals surface area contributed by atoms with Gasteiger partial charge in [0.15, 0.2) is 0 Å². The van der Waals surface area contributed by atoms with Gasteiger partial charge in [0.05, 0.1) is 12.1 Å². The topological polar surface area (TPSA) is 90.5 Å². The second-order valence-corrected chi connectivity index (χ2v) is 8.11. The summed E-state index contributed by atoms with van der Waals surface area (Å²) >= 11 is 0. The Bertz CT molecular complexity index is 447. The number of piperidine rings is 1. The highest BCUT2D eigenvalue weighted by Gasteiger charge is 2.33. The van der Waals surface area contributed by atoms with Crippen LogP contribution in [0.2, 0.25) is 0 Å². The normalized spacial score (nSPS) is 25.0. The lowest BCUT2D eigenvalue weighted by Gasteiger charge is -2.34.